The molecule has 2 aromatic carbocycles. The normalized spacial score (nSPS) is 18.8. The Bertz CT molecular complexity index is 1450. The summed E-state index contributed by atoms with van der Waals surface area (Å²) in [5.41, 5.74) is 2.65. The summed E-state index contributed by atoms with van der Waals surface area (Å²) in [5.74, 6) is 0.938. The molecule has 38 heavy (non-hydrogen) atoms. The standard InChI is InChI=1S/C27H27Cl2N7O2/c1-16-14-17(6-7-19(16)27(38)8-11-34(2)12-9-27)32-25-31-15-18-23(33-25)35-13-10-30-26(35)36(24(18)37)22-20(28)4-3-5-21(22)29/h3-7,14-15,38H,8-13H2,1-2H3,(H,31,32,33). The van der Waals surface area contributed by atoms with Gasteiger partial charge in [0.2, 0.25) is 11.9 Å². The Kier molecular flexibility index (Phi) is 6.26. The van der Waals surface area contributed by atoms with Crippen molar-refractivity contribution in [2.24, 2.45) is 4.99 Å². The Morgan fingerprint density at radius 1 is 1.08 bits per heavy atom. The van der Waals surface area contributed by atoms with Crippen LogP contribution in [0.2, 0.25) is 10.0 Å². The van der Waals surface area contributed by atoms with Crippen LogP contribution < -0.4 is 15.1 Å². The number of piperidine rings is 1. The topological polar surface area (TPSA) is 97.2 Å². The number of guanidine groups is 1. The molecule has 11 heteroatoms. The lowest BCUT2D eigenvalue weighted by Gasteiger charge is -2.37. The number of hydrogen-bond donors (Lipinski definition) is 2. The van der Waals surface area contributed by atoms with E-state index >= 15 is 0 Å². The largest absolute Gasteiger partial charge is 0.385 e. The van der Waals surface area contributed by atoms with E-state index in [1.807, 2.05) is 30.0 Å². The van der Waals surface area contributed by atoms with Gasteiger partial charge in [-0.25, -0.2) is 9.88 Å². The molecule has 196 valence electrons. The maximum atomic E-state index is 13.6. The first-order valence-electron chi connectivity index (χ1n) is 12.5. The fraction of sp³-hybridized carbons (Fsp3) is 0.333. The van der Waals surface area contributed by atoms with Crippen molar-refractivity contribution >= 4 is 58.2 Å². The molecule has 6 rings (SSSR count). The molecular weight excluding hydrogens is 525 g/mol. The number of fused-ring (bicyclic) bond motifs is 3. The number of benzene rings is 2. The Labute approximate surface area is 230 Å². The van der Waals surface area contributed by atoms with Crippen LogP contribution in [0.15, 0.2) is 47.6 Å². The van der Waals surface area contributed by atoms with Gasteiger partial charge in [0, 0.05) is 31.5 Å². The van der Waals surface area contributed by atoms with Crippen molar-refractivity contribution in [1.82, 2.24) is 14.9 Å². The molecule has 3 aliphatic rings. The van der Waals surface area contributed by atoms with Crippen LogP contribution in [0.4, 0.5) is 23.1 Å². The van der Waals surface area contributed by atoms with Crippen LogP contribution in [0.1, 0.15) is 34.3 Å². The third kappa shape index (κ3) is 4.19. The van der Waals surface area contributed by atoms with E-state index < -0.39 is 5.60 Å². The number of carbonyl (C=O) groups excluding carboxylic acids is 1. The second-order valence-electron chi connectivity index (χ2n) is 9.96. The minimum atomic E-state index is -0.820. The summed E-state index contributed by atoms with van der Waals surface area (Å²) >= 11 is 12.9. The summed E-state index contributed by atoms with van der Waals surface area (Å²) in [7, 11) is 2.08. The zero-order chi connectivity index (χ0) is 26.6. The van der Waals surface area contributed by atoms with Crippen molar-refractivity contribution in [3.05, 3.63) is 69.3 Å². The number of para-hydroxylation sites is 1. The number of nitrogens with one attached hydrogen (secondary N) is 1. The predicted octanol–water partition coefficient (Wildman–Crippen LogP) is 4.59. The van der Waals surface area contributed by atoms with Crippen LogP contribution in [0.3, 0.4) is 0 Å². The van der Waals surface area contributed by atoms with Gasteiger partial charge >= 0.3 is 0 Å². The molecule has 0 bridgehead atoms. The van der Waals surface area contributed by atoms with Crippen molar-refractivity contribution in [3.8, 4) is 0 Å². The number of amides is 1. The molecule has 0 aliphatic carbocycles. The Morgan fingerprint density at radius 3 is 2.53 bits per heavy atom. The van der Waals surface area contributed by atoms with Crippen LogP contribution in [-0.4, -0.2) is 65.1 Å². The zero-order valence-electron chi connectivity index (χ0n) is 21.1. The number of likely N-dealkylation sites (tertiary alicyclic amines) is 1. The van der Waals surface area contributed by atoms with E-state index in [1.54, 1.807) is 18.2 Å². The minimum absolute atomic E-state index is 0.336. The van der Waals surface area contributed by atoms with Gasteiger partial charge < -0.3 is 15.3 Å². The molecule has 0 saturated carbocycles. The third-order valence-electron chi connectivity index (χ3n) is 7.44. The van der Waals surface area contributed by atoms with Crippen molar-refractivity contribution in [2.45, 2.75) is 25.4 Å². The maximum absolute atomic E-state index is 13.6. The molecule has 2 N–H and O–H groups in total. The molecule has 0 radical (unpaired) electrons. The van der Waals surface area contributed by atoms with Gasteiger partial charge in [0.05, 0.1) is 27.9 Å². The number of hydrogen-bond acceptors (Lipinski definition) is 8. The monoisotopic (exact) mass is 551 g/mol. The van der Waals surface area contributed by atoms with E-state index in [2.05, 4.69) is 27.2 Å². The van der Waals surface area contributed by atoms with Crippen molar-refractivity contribution in [3.63, 3.8) is 0 Å². The first-order valence-corrected chi connectivity index (χ1v) is 13.3. The van der Waals surface area contributed by atoms with Gasteiger partial charge in [-0.05, 0) is 62.2 Å². The highest BCUT2D eigenvalue weighted by Gasteiger charge is 2.41. The number of aromatic nitrogens is 2. The van der Waals surface area contributed by atoms with Crippen LogP contribution in [0, 0.1) is 6.92 Å². The lowest BCUT2D eigenvalue weighted by molar-refractivity contribution is -0.0207. The molecule has 4 heterocycles. The molecule has 0 spiro atoms. The third-order valence-corrected chi connectivity index (χ3v) is 8.05. The van der Waals surface area contributed by atoms with Gasteiger partial charge in [-0.3, -0.25) is 14.7 Å². The molecule has 0 unspecified atom stereocenters. The molecule has 0 atom stereocenters. The molecule has 1 aromatic heterocycles. The smallest absolute Gasteiger partial charge is 0.270 e. The van der Waals surface area contributed by atoms with E-state index in [4.69, 9.17) is 28.2 Å². The number of nitrogens with zero attached hydrogens (tertiary/aromatic N) is 6. The Balaban J connectivity index is 1.29. The molecule has 9 nitrogen and oxygen atoms in total. The van der Waals surface area contributed by atoms with E-state index in [1.165, 1.54) is 11.1 Å². The first kappa shape index (κ1) is 25.1. The number of anilines is 4. The number of aliphatic imine (C=N–C) groups is 1. The van der Waals surface area contributed by atoms with Gasteiger partial charge in [-0.1, -0.05) is 35.3 Å². The molecule has 1 amide bonds. The highest BCUT2D eigenvalue weighted by molar-refractivity contribution is 6.43. The van der Waals surface area contributed by atoms with Crippen molar-refractivity contribution < 1.29 is 9.90 Å². The van der Waals surface area contributed by atoms with Crippen LogP contribution in [0.25, 0.3) is 0 Å². The summed E-state index contributed by atoms with van der Waals surface area (Å²) in [6.07, 6.45) is 2.92. The molecule has 3 aromatic rings. The average Bonchev–Trinajstić information content (AvgIpc) is 3.37. The average molecular weight is 552 g/mol. The summed E-state index contributed by atoms with van der Waals surface area (Å²) in [6, 6.07) is 11.0. The van der Waals surface area contributed by atoms with Gasteiger partial charge in [-0.15, -0.1) is 0 Å². The minimum Gasteiger partial charge on any atom is -0.385 e. The molecule has 1 saturated heterocycles. The number of rotatable bonds is 4. The maximum Gasteiger partial charge on any atom is 0.270 e. The second-order valence-corrected chi connectivity index (χ2v) is 10.8. The van der Waals surface area contributed by atoms with Crippen LogP contribution in [-0.2, 0) is 5.60 Å². The Morgan fingerprint density at radius 2 is 1.82 bits per heavy atom. The first-order chi connectivity index (χ1) is 18.2. The molecule has 3 aliphatic heterocycles. The van der Waals surface area contributed by atoms with Gasteiger partial charge in [0.25, 0.3) is 5.91 Å². The summed E-state index contributed by atoms with van der Waals surface area (Å²) in [4.78, 5) is 32.8. The van der Waals surface area contributed by atoms with Crippen molar-refractivity contribution in [2.75, 3.05) is 48.3 Å². The van der Waals surface area contributed by atoms with Crippen molar-refractivity contribution in [1.29, 1.82) is 0 Å². The van der Waals surface area contributed by atoms with Gasteiger partial charge in [-0.2, -0.15) is 4.98 Å². The number of aryl methyl sites for hydroxylation is 1. The van der Waals surface area contributed by atoms with E-state index in [0.29, 0.717) is 65.0 Å². The SMILES string of the molecule is Cc1cc(Nc2ncc3c(n2)N2CCN=C2N(c2c(Cl)cccc2Cl)C3=O)ccc1C1(O)CCN(C)CC1. The van der Waals surface area contributed by atoms with E-state index in [-0.39, 0.29) is 5.91 Å². The molecular formula is C27H27Cl2N7O2. The summed E-state index contributed by atoms with van der Waals surface area (Å²) < 4.78 is 0. The predicted molar refractivity (Wildman–Crippen MR) is 150 cm³/mol. The fourth-order valence-electron chi connectivity index (χ4n) is 5.38. The fourth-order valence-corrected chi connectivity index (χ4v) is 5.95. The van der Waals surface area contributed by atoms with E-state index in [9.17, 15) is 9.90 Å². The van der Waals surface area contributed by atoms with Gasteiger partial charge in [0.15, 0.2) is 5.82 Å². The summed E-state index contributed by atoms with van der Waals surface area (Å²) in [6.45, 7) is 4.79. The second kappa shape index (κ2) is 9.50. The van der Waals surface area contributed by atoms with Gasteiger partial charge in [0.1, 0.15) is 5.56 Å². The highest BCUT2D eigenvalue weighted by Crippen LogP contribution is 2.40. The van der Waals surface area contributed by atoms with Crippen LogP contribution >= 0.6 is 23.2 Å². The quantitative estimate of drug-likeness (QED) is 0.489. The number of aliphatic hydroxyl groups is 1. The Hall–Kier alpha value is -3.24. The molecule has 1 fully saturated rings. The number of halogens is 2. The summed E-state index contributed by atoms with van der Waals surface area (Å²) in [5, 5.41) is 15.2. The lowest BCUT2D eigenvalue weighted by Crippen LogP contribution is -2.51. The lowest BCUT2D eigenvalue weighted by atomic mass is 9.82. The van der Waals surface area contributed by atoms with E-state index in [0.717, 1.165) is 29.9 Å². The highest BCUT2D eigenvalue weighted by atomic mass is 35.5. The zero-order valence-corrected chi connectivity index (χ0v) is 22.6. The number of carbonyl (C=O) groups is 1. The van der Waals surface area contributed by atoms with Crippen LogP contribution in [0.5, 0.6) is 0 Å².